The summed E-state index contributed by atoms with van der Waals surface area (Å²) >= 11 is 1.30. The van der Waals surface area contributed by atoms with Gasteiger partial charge in [-0.1, -0.05) is 30.3 Å². The molecule has 0 saturated heterocycles. The van der Waals surface area contributed by atoms with Crippen LogP contribution in [0.25, 0.3) is 0 Å². The topological polar surface area (TPSA) is 66.8 Å². The Hall–Kier alpha value is -2.18. The summed E-state index contributed by atoms with van der Waals surface area (Å²) < 4.78 is 5.08. The first kappa shape index (κ1) is 16.2. The van der Waals surface area contributed by atoms with Gasteiger partial charge in [0.1, 0.15) is 6.54 Å². The standard InChI is InChI=1S/C16H17NO4S/c1-21-11-13-7-8-22-15(13)16(20)17(10-14(18)19)9-12-5-3-2-4-6-12/h2-8H,9-11H2,1H3,(H,18,19). The van der Waals surface area contributed by atoms with Gasteiger partial charge >= 0.3 is 5.97 Å². The average Bonchev–Trinajstić information content (AvgIpc) is 2.95. The number of rotatable bonds is 7. The highest BCUT2D eigenvalue weighted by Gasteiger charge is 2.22. The molecule has 2 rings (SSSR count). The number of hydrogen-bond acceptors (Lipinski definition) is 4. The summed E-state index contributed by atoms with van der Waals surface area (Å²) in [5.41, 5.74) is 1.67. The molecule has 6 heteroatoms. The molecule has 1 amide bonds. The molecule has 22 heavy (non-hydrogen) atoms. The average molecular weight is 319 g/mol. The van der Waals surface area contributed by atoms with Crippen LogP contribution in [0.3, 0.4) is 0 Å². The molecule has 5 nitrogen and oxygen atoms in total. The summed E-state index contributed by atoms with van der Waals surface area (Å²) in [6.45, 7) is 0.255. The number of carboxylic acids is 1. The smallest absolute Gasteiger partial charge is 0.323 e. The third-order valence-corrected chi connectivity index (χ3v) is 4.02. The number of benzene rings is 1. The van der Waals surface area contributed by atoms with Crippen molar-refractivity contribution >= 4 is 23.2 Å². The molecule has 1 N–H and O–H groups in total. The van der Waals surface area contributed by atoms with Crippen molar-refractivity contribution in [3.63, 3.8) is 0 Å². The van der Waals surface area contributed by atoms with E-state index in [4.69, 9.17) is 9.84 Å². The first-order chi connectivity index (χ1) is 10.6. The zero-order valence-corrected chi connectivity index (χ0v) is 13.0. The maximum atomic E-state index is 12.7. The van der Waals surface area contributed by atoms with E-state index in [-0.39, 0.29) is 19.0 Å². The number of ether oxygens (including phenoxy) is 1. The molecule has 0 aliphatic carbocycles. The second-order valence-electron chi connectivity index (χ2n) is 4.75. The van der Waals surface area contributed by atoms with Crippen molar-refractivity contribution in [2.24, 2.45) is 0 Å². The van der Waals surface area contributed by atoms with Crippen LogP contribution in [0, 0.1) is 0 Å². The number of nitrogens with zero attached hydrogens (tertiary/aromatic N) is 1. The van der Waals surface area contributed by atoms with Gasteiger partial charge in [-0.15, -0.1) is 11.3 Å². The molecule has 2 aromatic rings. The molecule has 0 spiro atoms. The van der Waals surface area contributed by atoms with E-state index in [1.54, 1.807) is 7.11 Å². The van der Waals surface area contributed by atoms with Crippen LogP contribution in [-0.4, -0.2) is 35.5 Å². The highest BCUT2D eigenvalue weighted by atomic mass is 32.1. The number of hydrogen-bond donors (Lipinski definition) is 1. The summed E-state index contributed by atoms with van der Waals surface area (Å²) in [6, 6.07) is 11.2. The fourth-order valence-corrected chi connectivity index (χ4v) is 2.98. The van der Waals surface area contributed by atoms with Crippen molar-refractivity contribution in [1.82, 2.24) is 4.90 Å². The molecule has 0 aliphatic rings. The maximum Gasteiger partial charge on any atom is 0.323 e. The molecular weight excluding hydrogens is 302 g/mol. The van der Waals surface area contributed by atoms with Crippen molar-refractivity contribution in [2.45, 2.75) is 13.2 Å². The zero-order chi connectivity index (χ0) is 15.9. The lowest BCUT2D eigenvalue weighted by molar-refractivity contribution is -0.137. The predicted molar refractivity (Wildman–Crippen MR) is 83.9 cm³/mol. The highest BCUT2D eigenvalue weighted by molar-refractivity contribution is 7.12. The molecule has 0 bridgehead atoms. The number of thiophene rings is 1. The van der Waals surface area contributed by atoms with Crippen LogP contribution in [0.2, 0.25) is 0 Å². The number of carbonyl (C=O) groups excluding carboxylic acids is 1. The van der Waals surface area contributed by atoms with Crippen molar-refractivity contribution in [2.75, 3.05) is 13.7 Å². The Bertz CT molecular complexity index is 639. The molecule has 0 radical (unpaired) electrons. The SMILES string of the molecule is COCc1ccsc1C(=O)N(CC(=O)O)Cc1ccccc1. The van der Waals surface area contributed by atoms with E-state index >= 15 is 0 Å². The predicted octanol–water partition coefficient (Wildman–Crippen LogP) is 2.62. The maximum absolute atomic E-state index is 12.7. The first-order valence-electron chi connectivity index (χ1n) is 6.72. The van der Waals surface area contributed by atoms with Crippen LogP contribution in [-0.2, 0) is 22.7 Å². The van der Waals surface area contributed by atoms with E-state index in [2.05, 4.69) is 0 Å². The Labute approximate surface area is 132 Å². The molecule has 1 aromatic carbocycles. The van der Waals surface area contributed by atoms with Crippen LogP contribution in [0.4, 0.5) is 0 Å². The van der Waals surface area contributed by atoms with Crippen molar-refractivity contribution in [3.05, 3.63) is 57.8 Å². The number of carbonyl (C=O) groups is 2. The number of carboxylic acid groups (broad SMARTS) is 1. The minimum Gasteiger partial charge on any atom is -0.480 e. The Morgan fingerprint density at radius 3 is 2.59 bits per heavy atom. The quantitative estimate of drug-likeness (QED) is 0.852. The van der Waals surface area contributed by atoms with E-state index in [1.165, 1.54) is 16.2 Å². The number of amides is 1. The minimum atomic E-state index is -1.03. The highest BCUT2D eigenvalue weighted by Crippen LogP contribution is 2.21. The lowest BCUT2D eigenvalue weighted by Crippen LogP contribution is -2.35. The van der Waals surface area contributed by atoms with Gasteiger partial charge < -0.3 is 14.7 Å². The third-order valence-electron chi connectivity index (χ3n) is 3.07. The fraction of sp³-hybridized carbons (Fsp3) is 0.250. The van der Waals surface area contributed by atoms with E-state index in [1.807, 2.05) is 41.8 Å². The summed E-state index contributed by atoms with van der Waals surface area (Å²) in [4.78, 5) is 25.6. The molecule has 0 unspecified atom stereocenters. The van der Waals surface area contributed by atoms with Crippen molar-refractivity contribution in [3.8, 4) is 0 Å². The Morgan fingerprint density at radius 2 is 1.95 bits per heavy atom. The van der Waals surface area contributed by atoms with Gasteiger partial charge in [-0.2, -0.15) is 0 Å². The van der Waals surface area contributed by atoms with E-state index < -0.39 is 5.97 Å². The summed E-state index contributed by atoms with van der Waals surface area (Å²) in [5.74, 6) is -1.32. The van der Waals surface area contributed by atoms with Crippen LogP contribution in [0.5, 0.6) is 0 Å². The van der Waals surface area contributed by atoms with E-state index in [0.717, 1.165) is 11.1 Å². The van der Waals surface area contributed by atoms with Gasteiger partial charge in [-0.25, -0.2) is 0 Å². The third kappa shape index (κ3) is 4.16. The second-order valence-corrected chi connectivity index (χ2v) is 5.66. The van der Waals surface area contributed by atoms with Gasteiger partial charge in [0.15, 0.2) is 0 Å². The molecule has 0 saturated carbocycles. The van der Waals surface area contributed by atoms with Crippen LogP contribution in [0.15, 0.2) is 41.8 Å². The second kappa shape index (κ2) is 7.72. The molecule has 0 aliphatic heterocycles. The van der Waals surface area contributed by atoms with E-state index in [0.29, 0.717) is 11.5 Å². The van der Waals surface area contributed by atoms with Gasteiger partial charge in [-0.05, 0) is 17.0 Å². The van der Waals surface area contributed by atoms with Crippen LogP contribution >= 0.6 is 11.3 Å². The number of aliphatic carboxylic acids is 1. The van der Waals surface area contributed by atoms with E-state index in [9.17, 15) is 9.59 Å². The molecular formula is C16H17NO4S. The van der Waals surface area contributed by atoms with Crippen LogP contribution in [0.1, 0.15) is 20.8 Å². The van der Waals surface area contributed by atoms with Crippen molar-refractivity contribution < 1.29 is 19.4 Å². The first-order valence-corrected chi connectivity index (χ1v) is 7.60. The molecule has 0 fully saturated rings. The monoisotopic (exact) mass is 319 g/mol. The normalized spacial score (nSPS) is 10.4. The van der Waals surface area contributed by atoms with Crippen molar-refractivity contribution in [1.29, 1.82) is 0 Å². The van der Waals surface area contributed by atoms with Gasteiger partial charge in [0.25, 0.3) is 5.91 Å². The lowest BCUT2D eigenvalue weighted by Gasteiger charge is -2.21. The largest absolute Gasteiger partial charge is 0.480 e. The van der Waals surface area contributed by atoms with Gasteiger partial charge in [0, 0.05) is 19.2 Å². The fourth-order valence-electron chi connectivity index (χ4n) is 2.10. The summed E-state index contributed by atoms with van der Waals surface area (Å²) in [5, 5.41) is 10.9. The molecule has 0 atom stereocenters. The summed E-state index contributed by atoms with van der Waals surface area (Å²) in [7, 11) is 1.56. The minimum absolute atomic E-state index is 0.260. The molecule has 1 heterocycles. The van der Waals surface area contributed by atoms with Gasteiger partial charge in [0.2, 0.25) is 0 Å². The zero-order valence-electron chi connectivity index (χ0n) is 12.2. The number of methoxy groups -OCH3 is 1. The summed E-state index contributed by atoms with van der Waals surface area (Å²) in [6.07, 6.45) is 0. The van der Waals surface area contributed by atoms with Gasteiger partial charge in [0.05, 0.1) is 11.5 Å². The van der Waals surface area contributed by atoms with Gasteiger partial charge in [-0.3, -0.25) is 9.59 Å². The Balaban J connectivity index is 2.22. The Kier molecular flexibility index (Phi) is 5.68. The Morgan fingerprint density at radius 1 is 1.23 bits per heavy atom. The van der Waals surface area contributed by atoms with Crippen LogP contribution < -0.4 is 0 Å². The molecule has 1 aromatic heterocycles. The molecule has 116 valence electrons. The lowest BCUT2D eigenvalue weighted by atomic mass is 10.2.